The third-order valence-corrected chi connectivity index (χ3v) is 4.45. The molecule has 0 bridgehead atoms. The molecule has 0 saturated heterocycles. The number of pyridine rings is 1. The average Bonchev–Trinajstić information content (AvgIpc) is 2.68. The quantitative estimate of drug-likeness (QED) is 0.703. The number of rotatable bonds is 5. The van der Waals surface area contributed by atoms with E-state index in [2.05, 4.69) is 10.3 Å². The normalized spacial score (nSPS) is 10.9. The molecule has 0 atom stereocenters. The summed E-state index contributed by atoms with van der Waals surface area (Å²) in [6.07, 6.45) is 1.77. The van der Waals surface area contributed by atoms with Crippen LogP contribution in [-0.2, 0) is 13.0 Å². The molecule has 0 spiro atoms. The first-order chi connectivity index (χ1) is 13.3. The van der Waals surface area contributed by atoms with Gasteiger partial charge in [-0.1, -0.05) is 12.1 Å². The number of aromatic nitrogens is 1. The lowest BCUT2D eigenvalue weighted by Gasteiger charge is -2.18. The highest BCUT2D eigenvalue weighted by Gasteiger charge is 2.13. The van der Waals surface area contributed by atoms with Crippen molar-refractivity contribution in [3.63, 3.8) is 0 Å². The Balaban J connectivity index is 1.65. The highest BCUT2D eigenvalue weighted by Crippen LogP contribution is 2.19. The van der Waals surface area contributed by atoms with Gasteiger partial charge in [0, 0.05) is 26.3 Å². The van der Waals surface area contributed by atoms with E-state index in [0.29, 0.717) is 17.4 Å². The first-order valence-corrected chi connectivity index (χ1v) is 8.58. The number of aromatic amines is 1. The summed E-state index contributed by atoms with van der Waals surface area (Å²) in [6, 6.07) is 7.31. The third-order valence-electron chi connectivity index (χ3n) is 4.45. The van der Waals surface area contributed by atoms with E-state index in [0.717, 1.165) is 17.7 Å². The first-order valence-electron chi connectivity index (χ1n) is 8.58. The van der Waals surface area contributed by atoms with Crippen molar-refractivity contribution in [1.82, 2.24) is 15.2 Å². The molecule has 1 heterocycles. The van der Waals surface area contributed by atoms with Crippen LogP contribution in [0.4, 0.5) is 18.0 Å². The molecule has 2 N–H and O–H groups in total. The van der Waals surface area contributed by atoms with Crippen molar-refractivity contribution < 1.29 is 18.0 Å². The largest absolute Gasteiger partial charge is 0.334 e. The van der Waals surface area contributed by atoms with Gasteiger partial charge in [0.05, 0.1) is 5.39 Å². The molecule has 8 heteroatoms. The highest BCUT2D eigenvalue weighted by molar-refractivity contribution is 5.85. The Kier molecular flexibility index (Phi) is 5.67. The summed E-state index contributed by atoms with van der Waals surface area (Å²) in [6.45, 7) is 0.533. The number of urea groups is 1. The zero-order valence-corrected chi connectivity index (χ0v) is 15.1. The van der Waals surface area contributed by atoms with Crippen molar-refractivity contribution >= 4 is 16.8 Å². The van der Waals surface area contributed by atoms with Gasteiger partial charge in [-0.3, -0.25) is 4.79 Å². The summed E-state index contributed by atoms with van der Waals surface area (Å²) in [4.78, 5) is 28.0. The topological polar surface area (TPSA) is 65.2 Å². The monoisotopic (exact) mass is 389 g/mol. The van der Waals surface area contributed by atoms with Gasteiger partial charge in [-0.25, -0.2) is 18.0 Å². The Morgan fingerprint density at radius 1 is 1.07 bits per heavy atom. The van der Waals surface area contributed by atoms with E-state index in [1.54, 1.807) is 19.2 Å². The summed E-state index contributed by atoms with van der Waals surface area (Å²) in [5, 5.41) is 3.08. The molecule has 2 aromatic carbocycles. The van der Waals surface area contributed by atoms with Gasteiger partial charge in [0.25, 0.3) is 5.56 Å². The number of halogens is 3. The maximum atomic E-state index is 13.6. The summed E-state index contributed by atoms with van der Waals surface area (Å²) in [7, 11) is 1.59. The van der Waals surface area contributed by atoms with Crippen molar-refractivity contribution in [2.24, 2.45) is 0 Å². The molecule has 3 aromatic rings. The zero-order chi connectivity index (χ0) is 20.3. The predicted molar refractivity (Wildman–Crippen MR) is 99.5 cm³/mol. The fourth-order valence-corrected chi connectivity index (χ4v) is 2.82. The molecule has 1 aromatic heterocycles. The molecule has 0 fully saturated rings. The molecule has 2 amide bonds. The van der Waals surface area contributed by atoms with Crippen molar-refractivity contribution in [2.75, 3.05) is 13.6 Å². The van der Waals surface area contributed by atoms with Gasteiger partial charge in [-0.15, -0.1) is 0 Å². The lowest BCUT2D eigenvalue weighted by atomic mass is 10.0. The van der Waals surface area contributed by atoms with Crippen LogP contribution < -0.4 is 10.9 Å². The lowest BCUT2D eigenvalue weighted by molar-refractivity contribution is 0.209. The van der Waals surface area contributed by atoms with Crippen LogP contribution in [0, 0.1) is 17.5 Å². The van der Waals surface area contributed by atoms with Crippen molar-refractivity contribution in [3.05, 3.63) is 81.5 Å². The number of hydrogen-bond acceptors (Lipinski definition) is 2. The molecule has 0 aliphatic carbocycles. The number of hydrogen-bond donors (Lipinski definition) is 2. The Labute approximate surface area is 158 Å². The lowest BCUT2D eigenvalue weighted by Crippen LogP contribution is -2.38. The average molecular weight is 389 g/mol. The van der Waals surface area contributed by atoms with Crippen LogP contribution in [0.15, 0.2) is 47.4 Å². The van der Waals surface area contributed by atoms with Gasteiger partial charge in [0.1, 0.15) is 5.82 Å². The van der Waals surface area contributed by atoms with Crippen LogP contribution in [0.25, 0.3) is 10.8 Å². The van der Waals surface area contributed by atoms with Gasteiger partial charge < -0.3 is 15.2 Å². The second-order valence-electron chi connectivity index (χ2n) is 6.41. The fraction of sp³-hybridized carbons (Fsp3) is 0.200. The summed E-state index contributed by atoms with van der Waals surface area (Å²) >= 11 is 0. The SMILES string of the molecule is CN(CCc1c[nH]c(=O)c2cc(F)c(F)cc12)C(=O)NCc1ccc(F)cc1. The van der Waals surface area contributed by atoms with Gasteiger partial charge in [-0.2, -0.15) is 0 Å². The molecule has 3 rings (SSSR count). The van der Waals surface area contributed by atoms with E-state index in [1.807, 2.05) is 0 Å². The van der Waals surface area contributed by atoms with E-state index in [1.165, 1.54) is 23.2 Å². The van der Waals surface area contributed by atoms with E-state index in [-0.39, 0.29) is 30.3 Å². The van der Waals surface area contributed by atoms with Crippen LogP contribution in [0.3, 0.4) is 0 Å². The van der Waals surface area contributed by atoms with Gasteiger partial charge >= 0.3 is 6.03 Å². The molecule has 0 aliphatic heterocycles. The number of likely N-dealkylation sites (N-methyl/N-ethyl adjacent to an activating group) is 1. The standard InChI is InChI=1S/C20H18F3N3O2/c1-26(20(28)25-10-12-2-4-14(21)5-3-12)7-6-13-11-24-19(27)16-9-18(23)17(22)8-15(13)16/h2-5,8-9,11H,6-7,10H2,1H3,(H,24,27)(H,25,28). The summed E-state index contributed by atoms with van der Waals surface area (Å²) < 4.78 is 39.9. The minimum atomic E-state index is -1.09. The van der Waals surface area contributed by atoms with Gasteiger partial charge in [0.15, 0.2) is 11.6 Å². The summed E-state index contributed by atoms with van der Waals surface area (Å²) in [5.41, 5.74) is 0.835. The highest BCUT2D eigenvalue weighted by atomic mass is 19.2. The number of fused-ring (bicyclic) bond motifs is 1. The number of amides is 2. The number of H-pyrrole nitrogens is 1. The Morgan fingerprint density at radius 3 is 2.39 bits per heavy atom. The first kappa shape index (κ1) is 19.5. The van der Waals surface area contributed by atoms with Crippen LogP contribution in [0.1, 0.15) is 11.1 Å². The number of carbonyl (C=O) groups excluding carboxylic acids is 1. The van der Waals surface area contributed by atoms with Crippen molar-refractivity contribution in [2.45, 2.75) is 13.0 Å². The minimum absolute atomic E-state index is 0.0554. The molecule has 0 unspecified atom stereocenters. The number of nitrogens with zero attached hydrogens (tertiary/aromatic N) is 1. The van der Waals surface area contributed by atoms with E-state index >= 15 is 0 Å². The Hall–Kier alpha value is -3.29. The molecule has 0 saturated carbocycles. The fourth-order valence-electron chi connectivity index (χ4n) is 2.82. The van der Waals surface area contributed by atoms with E-state index < -0.39 is 17.2 Å². The maximum absolute atomic E-state index is 13.6. The van der Waals surface area contributed by atoms with Gasteiger partial charge in [-0.05, 0) is 47.2 Å². The molecule has 5 nitrogen and oxygen atoms in total. The number of benzene rings is 2. The minimum Gasteiger partial charge on any atom is -0.334 e. The molecule has 28 heavy (non-hydrogen) atoms. The Morgan fingerprint density at radius 2 is 1.71 bits per heavy atom. The summed E-state index contributed by atoms with van der Waals surface area (Å²) in [5.74, 6) is -2.48. The van der Waals surface area contributed by atoms with Crippen LogP contribution in [-0.4, -0.2) is 29.5 Å². The van der Waals surface area contributed by atoms with Crippen LogP contribution in [0.5, 0.6) is 0 Å². The third kappa shape index (κ3) is 4.33. The molecule has 0 radical (unpaired) electrons. The second kappa shape index (κ2) is 8.16. The van der Waals surface area contributed by atoms with Gasteiger partial charge in [0.2, 0.25) is 0 Å². The smallest absolute Gasteiger partial charge is 0.317 e. The molecule has 146 valence electrons. The van der Waals surface area contributed by atoms with E-state index in [4.69, 9.17) is 0 Å². The number of carbonyl (C=O) groups is 1. The molecule has 0 aliphatic rings. The van der Waals surface area contributed by atoms with Crippen LogP contribution >= 0.6 is 0 Å². The van der Waals surface area contributed by atoms with E-state index in [9.17, 15) is 22.8 Å². The molecular weight excluding hydrogens is 371 g/mol. The second-order valence-corrected chi connectivity index (χ2v) is 6.41. The number of nitrogens with one attached hydrogen (secondary N) is 2. The zero-order valence-electron chi connectivity index (χ0n) is 15.1. The Bertz CT molecular complexity index is 1060. The molecular formula is C20H18F3N3O2. The van der Waals surface area contributed by atoms with Crippen molar-refractivity contribution in [3.8, 4) is 0 Å². The van der Waals surface area contributed by atoms with Crippen molar-refractivity contribution in [1.29, 1.82) is 0 Å². The predicted octanol–water partition coefficient (Wildman–Crippen LogP) is 3.33. The van der Waals surface area contributed by atoms with Crippen LogP contribution in [0.2, 0.25) is 0 Å². The maximum Gasteiger partial charge on any atom is 0.317 e.